The standard InChI is InChI=1S/C30H24N2/c31-28-19-7-8-20-29(28)32-30-26(23-13-5-2-6-14-23)17-10-18-27(30)25-16-9-15-24(21-25)22-11-3-1-4-12-22/h1-21,32H,31H2. The lowest BCUT2D eigenvalue weighted by atomic mass is 9.93. The van der Waals surface area contributed by atoms with Crippen molar-refractivity contribution in [1.29, 1.82) is 0 Å². The molecule has 0 aliphatic carbocycles. The van der Waals surface area contributed by atoms with Gasteiger partial charge in [0.25, 0.3) is 0 Å². The third-order valence-electron chi connectivity index (χ3n) is 5.65. The van der Waals surface area contributed by atoms with Gasteiger partial charge in [-0.15, -0.1) is 0 Å². The molecule has 0 heterocycles. The van der Waals surface area contributed by atoms with Gasteiger partial charge in [-0.2, -0.15) is 0 Å². The first-order valence-corrected chi connectivity index (χ1v) is 10.8. The van der Waals surface area contributed by atoms with Crippen LogP contribution in [0.4, 0.5) is 17.1 Å². The van der Waals surface area contributed by atoms with E-state index >= 15 is 0 Å². The van der Waals surface area contributed by atoms with Gasteiger partial charge in [0.1, 0.15) is 0 Å². The van der Waals surface area contributed by atoms with Crippen molar-refractivity contribution in [3.63, 3.8) is 0 Å². The largest absolute Gasteiger partial charge is 0.397 e. The fraction of sp³-hybridized carbons (Fsp3) is 0. The SMILES string of the molecule is Nc1ccccc1Nc1c(-c2ccccc2)cccc1-c1cccc(-c2ccccc2)c1. The highest BCUT2D eigenvalue weighted by Crippen LogP contribution is 2.40. The summed E-state index contributed by atoms with van der Waals surface area (Å²) in [7, 11) is 0. The molecule has 2 nitrogen and oxygen atoms in total. The number of anilines is 3. The van der Waals surface area contributed by atoms with Crippen molar-refractivity contribution in [2.24, 2.45) is 0 Å². The zero-order valence-corrected chi connectivity index (χ0v) is 17.7. The molecule has 0 unspecified atom stereocenters. The zero-order valence-electron chi connectivity index (χ0n) is 17.7. The first-order chi connectivity index (χ1) is 15.8. The lowest BCUT2D eigenvalue weighted by Crippen LogP contribution is -2.00. The Bertz CT molecular complexity index is 1340. The van der Waals surface area contributed by atoms with Crippen molar-refractivity contribution in [2.45, 2.75) is 0 Å². The fourth-order valence-electron chi connectivity index (χ4n) is 4.03. The van der Waals surface area contributed by atoms with Gasteiger partial charge in [0, 0.05) is 11.1 Å². The summed E-state index contributed by atoms with van der Waals surface area (Å²) in [4.78, 5) is 0. The molecule has 0 aromatic heterocycles. The maximum absolute atomic E-state index is 6.28. The highest BCUT2D eigenvalue weighted by atomic mass is 14.9. The van der Waals surface area contributed by atoms with Crippen LogP contribution in [0.1, 0.15) is 0 Å². The summed E-state index contributed by atoms with van der Waals surface area (Å²) in [6, 6.07) is 43.9. The zero-order chi connectivity index (χ0) is 21.8. The molecule has 2 heteroatoms. The van der Waals surface area contributed by atoms with Crippen LogP contribution in [0.3, 0.4) is 0 Å². The first kappa shape index (κ1) is 19.7. The smallest absolute Gasteiger partial charge is 0.0618 e. The van der Waals surface area contributed by atoms with Crippen molar-refractivity contribution >= 4 is 17.1 Å². The Balaban J connectivity index is 1.68. The van der Waals surface area contributed by atoms with Crippen LogP contribution < -0.4 is 11.1 Å². The summed E-state index contributed by atoms with van der Waals surface area (Å²) in [5.41, 5.74) is 15.9. The Hall–Kier alpha value is -4.30. The van der Waals surface area contributed by atoms with E-state index in [1.54, 1.807) is 0 Å². The first-order valence-electron chi connectivity index (χ1n) is 10.8. The van der Waals surface area contributed by atoms with E-state index in [-0.39, 0.29) is 0 Å². The van der Waals surface area contributed by atoms with Crippen LogP contribution in [0.2, 0.25) is 0 Å². The number of rotatable bonds is 5. The van der Waals surface area contributed by atoms with Crippen LogP contribution in [0.25, 0.3) is 33.4 Å². The molecule has 5 rings (SSSR count). The molecule has 0 atom stereocenters. The van der Waals surface area contributed by atoms with Gasteiger partial charge < -0.3 is 11.1 Å². The van der Waals surface area contributed by atoms with Gasteiger partial charge >= 0.3 is 0 Å². The minimum absolute atomic E-state index is 0.722. The highest BCUT2D eigenvalue weighted by Gasteiger charge is 2.14. The third-order valence-corrected chi connectivity index (χ3v) is 5.65. The van der Waals surface area contributed by atoms with Crippen molar-refractivity contribution in [3.8, 4) is 33.4 Å². The number of nitrogen functional groups attached to an aromatic ring is 1. The maximum atomic E-state index is 6.28. The molecule has 154 valence electrons. The highest BCUT2D eigenvalue weighted by molar-refractivity contribution is 5.94. The van der Waals surface area contributed by atoms with Crippen LogP contribution in [0, 0.1) is 0 Å². The second kappa shape index (κ2) is 8.83. The van der Waals surface area contributed by atoms with Gasteiger partial charge in [-0.1, -0.05) is 109 Å². The third kappa shape index (κ3) is 3.99. The molecule has 0 saturated heterocycles. The van der Waals surface area contributed by atoms with Crippen LogP contribution >= 0.6 is 0 Å². The number of nitrogens with one attached hydrogen (secondary N) is 1. The van der Waals surface area contributed by atoms with Crippen LogP contribution in [0.5, 0.6) is 0 Å². The number of hydrogen-bond acceptors (Lipinski definition) is 2. The summed E-state index contributed by atoms with van der Waals surface area (Å²) in [6.07, 6.45) is 0. The molecule has 0 aliphatic rings. The second-order valence-electron chi connectivity index (χ2n) is 7.75. The Morgan fingerprint density at radius 3 is 1.69 bits per heavy atom. The van der Waals surface area contributed by atoms with Crippen LogP contribution in [-0.2, 0) is 0 Å². The molecule has 0 bridgehead atoms. The predicted molar refractivity (Wildman–Crippen MR) is 137 cm³/mol. The molecule has 0 saturated carbocycles. The second-order valence-corrected chi connectivity index (χ2v) is 7.75. The average Bonchev–Trinajstić information content (AvgIpc) is 2.87. The van der Waals surface area contributed by atoms with Gasteiger partial charge in [0.2, 0.25) is 0 Å². The maximum Gasteiger partial charge on any atom is 0.0618 e. The quantitative estimate of drug-likeness (QED) is 0.287. The lowest BCUT2D eigenvalue weighted by molar-refractivity contribution is 1.51. The van der Waals surface area contributed by atoms with E-state index in [9.17, 15) is 0 Å². The van der Waals surface area contributed by atoms with Gasteiger partial charge in [-0.3, -0.25) is 0 Å². The topological polar surface area (TPSA) is 38.0 Å². The van der Waals surface area contributed by atoms with E-state index < -0.39 is 0 Å². The van der Waals surface area contributed by atoms with Crippen molar-refractivity contribution in [1.82, 2.24) is 0 Å². The molecule has 0 radical (unpaired) electrons. The Morgan fingerprint density at radius 2 is 0.969 bits per heavy atom. The Kier molecular flexibility index (Phi) is 5.42. The summed E-state index contributed by atoms with van der Waals surface area (Å²) in [5, 5.41) is 3.64. The van der Waals surface area contributed by atoms with Crippen LogP contribution in [0.15, 0.2) is 127 Å². The fourth-order valence-corrected chi connectivity index (χ4v) is 4.03. The molecular weight excluding hydrogens is 388 g/mol. The van der Waals surface area contributed by atoms with Crippen molar-refractivity contribution in [2.75, 3.05) is 11.1 Å². The van der Waals surface area contributed by atoms with Crippen molar-refractivity contribution in [3.05, 3.63) is 127 Å². The van der Waals surface area contributed by atoms with Gasteiger partial charge in [0.05, 0.1) is 17.1 Å². The summed E-state index contributed by atoms with van der Waals surface area (Å²) < 4.78 is 0. The van der Waals surface area contributed by atoms with E-state index in [1.165, 1.54) is 11.1 Å². The van der Waals surface area contributed by atoms with E-state index in [1.807, 2.05) is 36.4 Å². The van der Waals surface area contributed by atoms with Gasteiger partial charge in [-0.25, -0.2) is 0 Å². The minimum Gasteiger partial charge on any atom is -0.397 e. The predicted octanol–water partition coefficient (Wildman–Crippen LogP) is 8.01. The van der Waals surface area contributed by atoms with Gasteiger partial charge in [0.15, 0.2) is 0 Å². The number of para-hydroxylation sites is 3. The summed E-state index contributed by atoms with van der Waals surface area (Å²) in [6.45, 7) is 0. The molecule has 5 aromatic rings. The summed E-state index contributed by atoms with van der Waals surface area (Å²) in [5.74, 6) is 0. The van der Waals surface area contributed by atoms with E-state index in [2.05, 4.69) is 96.3 Å². The molecule has 0 amide bonds. The van der Waals surface area contributed by atoms with E-state index in [0.717, 1.165) is 39.3 Å². The van der Waals surface area contributed by atoms with Gasteiger partial charge in [-0.05, 0) is 40.5 Å². The Morgan fingerprint density at radius 1 is 0.438 bits per heavy atom. The molecule has 3 N–H and O–H groups in total. The molecule has 0 fully saturated rings. The molecular formula is C30H24N2. The average molecular weight is 413 g/mol. The lowest BCUT2D eigenvalue weighted by Gasteiger charge is -2.19. The number of hydrogen-bond donors (Lipinski definition) is 2. The Labute approximate surface area is 189 Å². The molecule has 0 spiro atoms. The number of nitrogens with two attached hydrogens (primary N) is 1. The summed E-state index contributed by atoms with van der Waals surface area (Å²) >= 11 is 0. The van der Waals surface area contributed by atoms with Crippen LogP contribution in [-0.4, -0.2) is 0 Å². The monoisotopic (exact) mass is 412 g/mol. The normalized spacial score (nSPS) is 10.6. The molecule has 0 aliphatic heterocycles. The molecule has 5 aromatic carbocycles. The van der Waals surface area contributed by atoms with E-state index in [4.69, 9.17) is 5.73 Å². The number of benzene rings is 5. The van der Waals surface area contributed by atoms with E-state index in [0.29, 0.717) is 0 Å². The van der Waals surface area contributed by atoms with Crippen molar-refractivity contribution < 1.29 is 0 Å². The molecule has 32 heavy (non-hydrogen) atoms. The minimum atomic E-state index is 0.722.